The molecule has 0 unspecified atom stereocenters. The van der Waals surface area contributed by atoms with Gasteiger partial charge in [0, 0.05) is 24.0 Å². The van der Waals surface area contributed by atoms with E-state index in [4.69, 9.17) is 0 Å². The maximum absolute atomic E-state index is 12.1. The summed E-state index contributed by atoms with van der Waals surface area (Å²) in [5, 5.41) is 0. The Hall–Kier alpha value is -1.57. The van der Waals surface area contributed by atoms with Crippen molar-refractivity contribution >= 4 is 15.7 Å². The maximum Gasteiger partial charge on any atom is 0.534 e. The van der Waals surface area contributed by atoms with Gasteiger partial charge in [0.15, 0.2) is 5.75 Å². The Morgan fingerprint density at radius 1 is 1.47 bits per heavy atom. The second-order valence-corrected chi connectivity index (χ2v) is 4.67. The van der Waals surface area contributed by atoms with Gasteiger partial charge in [-0.1, -0.05) is 6.58 Å². The summed E-state index contributed by atoms with van der Waals surface area (Å²) in [5.74, 6) is -0.454. The first kappa shape index (κ1) is 13.5. The molecule has 0 saturated carbocycles. The van der Waals surface area contributed by atoms with Crippen molar-refractivity contribution in [1.82, 2.24) is 4.98 Å². The summed E-state index contributed by atoms with van der Waals surface area (Å²) in [4.78, 5) is 3.64. The molecule has 1 aromatic heterocycles. The summed E-state index contributed by atoms with van der Waals surface area (Å²) < 4.78 is 61.9. The number of aromatic nitrogens is 1. The van der Waals surface area contributed by atoms with E-state index in [1.807, 2.05) is 0 Å². The molecule has 1 aromatic rings. The highest BCUT2D eigenvalue weighted by atomic mass is 32.2. The maximum atomic E-state index is 12.1. The quantitative estimate of drug-likeness (QED) is 0.623. The van der Waals surface area contributed by atoms with Crippen LogP contribution in [0.15, 0.2) is 25.0 Å². The molecule has 94 valence electrons. The van der Waals surface area contributed by atoms with Gasteiger partial charge in [-0.3, -0.25) is 4.98 Å². The molecule has 8 heteroatoms. The van der Waals surface area contributed by atoms with Crippen molar-refractivity contribution < 1.29 is 25.8 Å². The van der Waals surface area contributed by atoms with Gasteiger partial charge in [0.05, 0.1) is 0 Å². The van der Waals surface area contributed by atoms with Gasteiger partial charge >= 0.3 is 15.6 Å². The first-order valence-corrected chi connectivity index (χ1v) is 5.66. The van der Waals surface area contributed by atoms with Gasteiger partial charge in [0.2, 0.25) is 0 Å². The Labute approximate surface area is 95.9 Å². The molecule has 0 amide bonds. The molecule has 0 radical (unpaired) electrons. The van der Waals surface area contributed by atoms with Crippen molar-refractivity contribution in [3.8, 4) is 5.75 Å². The number of allylic oxidation sites excluding steroid dienone is 1. The zero-order valence-electron chi connectivity index (χ0n) is 8.65. The molecular weight excluding hydrogens is 259 g/mol. The van der Waals surface area contributed by atoms with E-state index in [-0.39, 0.29) is 5.56 Å². The average Bonchev–Trinajstić information content (AvgIpc) is 2.15. The predicted octanol–water partition coefficient (Wildman–Crippen LogP) is 2.34. The smallest absolute Gasteiger partial charge is 0.375 e. The number of nitrogens with zero attached hydrogens (tertiary/aromatic N) is 1. The van der Waals surface area contributed by atoms with E-state index in [0.29, 0.717) is 5.57 Å². The fraction of sp³-hybridized carbons (Fsp3) is 0.222. The molecule has 0 fully saturated rings. The van der Waals surface area contributed by atoms with Crippen LogP contribution in [0.3, 0.4) is 0 Å². The number of hydrogen-bond donors (Lipinski definition) is 0. The molecule has 4 nitrogen and oxygen atoms in total. The molecule has 0 aliphatic heterocycles. The molecule has 1 heterocycles. The van der Waals surface area contributed by atoms with Crippen LogP contribution < -0.4 is 4.18 Å². The number of hydrogen-bond acceptors (Lipinski definition) is 4. The van der Waals surface area contributed by atoms with Crippen molar-refractivity contribution in [2.75, 3.05) is 0 Å². The molecule has 0 bridgehead atoms. The Morgan fingerprint density at radius 2 is 2.06 bits per heavy atom. The molecule has 0 atom stereocenters. The highest BCUT2D eigenvalue weighted by molar-refractivity contribution is 7.88. The zero-order chi connectivity index (χ0) is 13.3. The van der Waals surface area contributed by atoms with Crippen LogP contribution in [0.4, 0.5) is 13.2 Å². The second-order valence-electron chi connectivity index (χ2n) is 3.14. The third-order valence-electron chi connectivity index (χ3n) is 1.72. The van der Waals surface area contributed by atoms with Gasteiger partial charge in [-0.15, -0.1) is 0 Å². The molecule has 0 saturated heterocycles. The second kappa shape index (κ2) is 4.36. The highest BCUT2D eigenvalue weighted by Gasteiger charge is 2.48. The molecule has 0 aliphatic rings. The van der Waals surface area contributed by atoms with Crippen molar-refractivity contribution in [2.45, 2.75) is 12.4 Å². The van der Waals surface area contributed by atoms with Crippen LogP contribution in [0.25, 0.3) is 5.57 Å². The normalized spacial score (nSPS) is 12.2. The van der Waals surface area contributed by atoms with Gasteiger partial charge in [0.1, 0.15) is 0 Å². The van der Waals surface area contributed by atoms with E-state index in [2.05, 4.69) is 15.7 Å². The molecule has 0 aliphatic carbocycles. The van der Waals surface area contributed by atoms with Crippen molar-refractivity contribution in [3.63, 3.8) is 0 Å². The SMILES string of the molecule is C=C(C)c1cnccc1OS(=O)(=O)C(F)(F)F. The lowest BCUT2D eigenvalue weighted by Gasteiger charge is -2.12. The van der Waals surface area contributed by atoms with Crippen LogP contribution in [-0.2, 0) is 10.1 Å². The van der Waals surface area contributed by atoms with Crippen LogP contribution in [0.1, 0.15) is 12.5 Å². The topological polar surface area (TPSA) is 56.3 Å². The highest BCUT2D eigenvalue weighted by Crippen LogP contribution is 2.30. The van der Waals surface area contributed by atoms with Gasteiger partial charge in [-0.2, -0.15) is 21.6 Å². The van der Waals surface area contributed by atoms with Crippen LogP contribution in [-0.4, -0.2) is 18.9 Å². The largest absolute Gasteiger partial charge is 0.534 e. The summed E-state index contributed by atoms with van der Waals surface area (Å²) in [6.07, 6.45) is 2.29. The average molecular weight is 267 g/mol. The Bertz CT molecular complexity index is 537. The Balaban J connectivity index is 3.18. The van der Waals surface area contributed by atoms with E-state index in [1.54, 1.807) is 0 Å². The van der Waals surface area contributed by atoms with Crippen LogP contribution in [0.5, 0.6) is 5.75 Å². The van der Waals surface area contributed by atoms with E-state index in [0.717, 1.165) is 12.3 Å². The summed E-state index contributed by atoms with van der Waals surface area (Å²) >= 11 is 0. The lowest BCUT2D eigenvalue weighted by atomic mass is 10.1. The van der Waals surface area contributed by atoms with Gasteiger partial charge < -0.3 is 4.18 Å². The minimum absolute atomic E-state index is 0.0975. The van der Waals surface area contributed by atoms with Crippen LogP contribution in [0.2, 0.25) is 0 Å². The van der Waals surface area contributed by atoms with Crippen LogP contribution >= 0.6 is 0 Å². The lowest BCUT2D eigenvalue weighted by Crippen LogP contribution is -2.28. The Morgan fingerprint density at radius 3 is 2.53 bits per heavy atom. The van der Waals surface area contributed by atoms with Gasteiger partial charge in [0.25, 0.3) is 0 Å². The third-order valence-corrected chi connectivity index (χ3v) is 2.69. The molecule has 17 heavy (non-hydrogen) atoms. The molecule has 1 rings (SSSR count). The first-order chi connectivity index (χ1) is 7.65. The van der Waals surface area contributed by atoms with E-state index >= 15 is 0 Å². The minimum atomic E-state index is -5.68. The lowest BCUT2D eigenvalue weighted by molar-refractivity contribution is -0.0500. The molecule has 0 spiro atoms. The number of rotatable bonds is 3. The number of alkyl halides is 3. The summed E-state index contributed by atoms with van der Waals surface area (Å²) in [6.45, 7) is 4.97. The van der Waals surface area contributed by atoms with E-state index in [1.165, 1.54) is 13.1 Å². The summed E-state index contributed by atoms with van der Waals surface area (Å²) in [5.41, 5.74) is -5.03. The van der Waals surface area contributed by atoms with E-state index < -0.39 is 21.4 Å². The Kier molecular flexibility index (Phi) is 3.46. The summed E-state index contributed by atoms with van der Waals surface area (Å²) in [7, 11) is -5.68. The predicted molar refractivity (Wildman–Crippen MR) is 54.5 cm³/mol. The van der Waals surface area contributed by atoms with Crippen molar-refractivity contribution in [1.29, 1.82) is 0 Å². The molecular formula is C9H8F3NO3S. The first-order valence-electron chi connectivity index (χ1n) is 4.26. The molecule has 0 N–H and O–H groups in total. The number of pyridine rings is 1. The number of halogens is 3. The third kappa shape index (κ3) is 2.96. The van der Waals surface area contributed by atoms with Gasteiger partial charge in [-0.25, -0.2) is 0 Å². The van der Waals surface area contributed by atoms with E-state index in [9.17, 15) is 21.6 Å². The molecule has 0 aromatic carbocycles. The monoisotopic (exact) mass is 267 g/mol. The fourth-order valence-corrected chi connectivity index (χ4v) is 1.42. The summed E-state index contributed by atoms with van der Waals surface area (Å²) in [6, 6.07) is 1.02. The van der Waals surface area contributed by atoms with Gasteiger partial charge in [-0.05, 0) is 12.5 Å². The van der Waals surface area contributed by atoms with Crippen LogP contribution in [0, 0.1) is 0 Å². The zero-order valence-corrected chi connectivity index (χ0v) is 9.47. The minimum Gasteiger partial charge on any atom is -0.375 e. The van der Waals surface area contributed by atoms with Crippen molar-refractivity contribution in [3.05, 3.63) is 30.6 Å². The van der Waals surface area contributed by atoms with Crippen molar-refractivity contribution in [2.24, 2.45) is 0 Å². The fourth-order valence-electron chi connectivity index (χ4n) is 0.940. The standard InChI is InChI=1S/C9H8F3NO3S/c1-6(2)7-5-13-4-3-8(7)16-17(14,15)9(10,11)12/h3-5H,1H2,2H3.